The summed E-state index contributed by atoms with van der Waals surface area (Å²) in [6.07, 6.45) is 1.54. The van der Waals surface area contributed by atoms with Gasteiger partial charge in [-0.15, -0.1) is 0 Å². The average Bonchev–Trinajstić information content (AvgIpc) is 3.07. The first-order valence-corrected chi connectivity index (χ1v) is 9.00. The molecule has 6 nitrogen and oxygen atoms in total. The number of hydrogen-bond acceptors (Lipinski definition) is 4. The molecule has 24 heavy (non-hydrogen) atoms. The lowest BCUT2D eigenvalue weighted by molar-refractivity contribution is 0.0726. The molecule has 0 N–H and O–H groups in total. The van der Waals surface area contributed by atoms with Gasteiger partial charge in [-0.25, -0.2) is 12.7 Å². The summed E-state index contributed by atoms with van der Waals surface area (Å²) in [6, 6.07) is 7.44. The highest BCUT2D eigenvalue weighted by molar-refractivity contribution is 7.89. The van der Waals surface area contributed by atoms with Crippen molar-refractivity contribution in [2.24, 2.45) is 0 Å². The SMILES string of the molecule is CC(c1ccco1)N(C)C(=O)c1ccc(Cl)c(S(=O)(=O)N(C)C)c1. The van der Waals surface area contributed by atoms with Gasteiger partial charge in [0.25, 0.3) is 5.91 Å². The second kappa shape index (κ2) is 6.96. The fourth-order valence-electron chi connectivity index (χ4n) is 2.13. The normalized spacial score (nSPS) is 13.1. The summed E-state index contributed by atoms with van der Waals surface area (Å²) in [6.45, 7) is 1.82. The number of carbonyl (C=O) groups is 1. The molecule has 0 aliphatic heterocycles. The van der Waals surface area contributed by atoms with Crippen LogP contribution in [0.25, 0.3) is 0 Å². The molecule has 1 amide bonds. The molecule has 0 fully saturated rings. The molecule has 8 heteroatoms. The number of benzene rings is 1. The summed E-state index contributed by atoms with van der Waals surface area (Å²) >= 11 is 6.01. The van der Waals surface area contributed by atoms with E-state index in [9.17, 15) is 13.2 Å². The zero-order valence-electron chi connectivity index (χ0n) is 13.9. The van der Waals surface area contributed by atoms with Crippen LogP contribution in [0.4, 0.5) is 0 Å². The van der Waals surface area contributed by atoms with Crippen molar-refractivity contribution in [1.29, 1.82) is 0 Å². The molecular weight excluding hydrogens is 352 g/mol. The van der Waals surface area contributed by atoms with Gasteiger partial charge in [-0.05, 0) is 37.3 Å². The van der Waals surface area contributed by atoms with Crippen molar-refractivity contribution < 1.29 is 17.6 Å². The first-order chi connectivity index (χ1) is 11.2. The minimum absolute atomic E-state index is 0.0713. The second-order valence-electron chi connectivity index (χ2n) is 5.54. The molecule has 1 unspecified atom stereocenters. The van der Waals surface area contributed by atoms with Crippen LogP contribution in [-0.2, 0) is 10.0 Å². The Kier molecular flexibility index (Phi) is 5.37. The van der Waals surface area contributed by atoms with E-state index in [-0.39, 0.29) is 27.4 Å². The lowest BCUT2D eigenvalue weighted by Gasteiger charge is -2.24. The van der Waals surface area contributed by atoms with Crippen LogP contribution in [0.5, 0.6) is 0 Å². The third-order valence-corrected chi connectivity index (χ3v) is 6.09. The average molecular weight is 371 g/mol. The maximum atomic E-state index is 12.7. The third kappa shape index (κ3) is 3.48. The molecule has 2 rings (SSSR count). The Labute approximate surface area is 146 Å². The number of halogens is 1. The van der Waals surface area contributed by atoms with E-state index in [1.165, 1.54) is 43.5 Å². The van der Waals surface area contributed by atoms with Gasteiger partial charge in [-0.3, -0.25) is 4.79 Å². The van der Waals surface area contributed by atoms with Crippen LogP contribution in [-0.4, -0.2) is 44.7 Å². The molecule has 2 aromatic rings. The Bertz CT molecular complexity index is 832. The van der Waals surface area contributed by atoms with E-state index in [4.69, 9.17) is 16.0 Å². The highest BCUT2D eigenvalue weighted by Crippen LogP contribution is 2.27. The summed E-state index contributed by atoms with van der Waals surface area (Å²) in [5, 5.41) is 0.0713. The smallest absolute Gasteiger partial charge is 0.254 e. The standard InChI is InChI=1S/C16H19ClN2O4S/c1-11(14-6-5-9-23-14)19(4)16(20)12-7-8-13(17)15(10-12)24(21,22)18(2)3/h5-11H,1-4H3. The van der Waals surface area contributed by atoms with Crippen LogP contribution < -0.4 is 0 Å². The highest BCUT2D eigenvalue weighted by atomic mass is 35.5. The molecular formula is C16H19ClN2O4S. The van der Waals surface area contributed by atoms with Gasteiger partial charge in [0.05, 0.1) is 17.3 Å². The van der Waals surface area contributed by atoms with Gasteiger partial charge >= 0.3 is 0 Å². The van der Waals surface area contributed by atoms with Gasteiger partial charge in [0.2, 0.25) is 10.0 Å². The van der Waals surface area contributed by atoms with Crippen LogP contribution in [0, 0.1) is 0 Å². The molecule has 0 saturated carbocycles. The zero-order chi connectivity index (χ0) is 18.1. The van der Waals surface area contributed by atoms with E-state index in [1.807, 2.05) is 6.92 Å². The Hall–Kier alpha value is -1.83. The largest absolute Gasteiger partial charge is 0.467 e. The van der Waals surface area contributed by atoms with Crippen molar-refractivity contribution in [3.63, 3.8) is 0 Å². The Morgan fingerprint density at radius 3 is 2.42 bits per heavy atom. The Morgan fingerprint density at radius 2 is 1.88 bits per heavy atom. The molecule has 0 bridgehead atoms. The van der Waals surface area contributed by atoms with Crippen molar-refractivity contribution in [3.05, 3.63) is 52.9 Å². The number of rotatable bonds is 5. The van der Waals surface area contributed by atoms with Gasteiger partial charge in [-0.1, -0.05) is 11.6 Å². The minimum atomic E-state index is -3.74. The van der Waals surface area contributed by atoms with Gasteiger partial charge in [0.1, 0.15) is 10.7 Å². The molecule has 0 aliphatic rings. The first-order valence-electron chi connectivity index (χ1n) is 7.19. The maximum absolute atomic E-state index is 12.7. The number of carbonyl (C=O) groups excluding carboxylic acids is 1. The fourth-order valence-corrected chi connectivity index (χ4v) is 3.52. The van der Waals surface area contributed by atoms with Gasteiger partial charge in [0.15, 0.2) is 0 Å². The molecule has 1 atom stereocenters. The summed E-state index contributed by atoms with van der Waals surface area (Å²) in [4.78, 5) is 14.1. The van der Waals surface area contributed by atoms with Crippen molar-refractivity contribution in [2.75, 3.05) is 21.1 Å². The van der Waals surface area contributed by atoms with E-state index in [0.717, 1.165) is 4.31 Å². The highest BCUT2D eigenvalue weighted by Gasteiger charge is 2.25. The van der Waals surface area contributed by atoms with Crippen molar-refractivity contribution >= 4 is 27.5 Å². The van der Waals surface area contributed by atoms with Crippen LogP contribution in [0.1, 0.15) is 29.1 Å². The minimum Gasteiger partial charge on any atom is -0.467 e. The molecule has 0 saturated heterocycles. The molecule has 1 heterocycles. The predicted octanol–water partition coefficient (Wildman–Crippen LogP) is 3.02. The van der Waals surface area contributed by atoms with E-state index >= 15 is 0 Å². The quantitative estimate of drug-likeness (QED) is 0.811. The van der Waals surface area contributed by atoms with Crippen LogP contribution in [0.3, 0.4) is 0 Å². The van der Waals surface area contributed by atoms with Crippen LogP contribution >= 0.6 is 11.6 Å². The van der Waals surface area contributed by atoms with Crippen LogP contribution in [0.15, 0.2) is 45.9 Å². The number of sulfonamides is 1. The summed E-state index contributed by atoms with van der Waals surface area (Å²) < 4.78 is 31.0. The molecule has 130 valence electrons. The summed E-state index contributed by atoms with van der Waals surface area (Å²) in [5.74, 6) is 0.312. The second-order valence-corrected chi connectivity index (χ2v) is 8.07. The fraction of sp³-hybridized carbons (Fsp3) is 0.312. The first kappa shape index (κ1) is 18.5. The van der Waals surface area contributed by atoms with Crippen molar-refractivity contribution in [1.82, 2.24) is 9.21 Å². The summed E-state index contributed by atoms with van der Waals surface area (Å²) in [7, 11) is 0.705. The van der Waals surface area contributed by atoms with Gasteiger partial charge in [0, 0.05) is 26.7 Å². The molecule has 0 radical (unpaired) electrons. The van der Waals surface area contributed by atoms with Gasteiger partial charge in [-0.2, -0.15) is 0 Å². The molecule has 0 spiro atoms. The number of hydrogen-bond donors (Lipinski definition) is 0. The molecule has 0 aliphatic carbocycles. The van der Waals surface area contributed by atoms with E-state index < -0.39 is 10.0 Å². The Morgan fingerprint density at radius 1 is 1.21 bits per heavy atom. The van der Waals surface area contributed by atoms with E-state index in [2.05, 4.69) is 0 Å². The Balaban J connectivity index is 2.37. The number of nitrogens with zero attached hydrogens (tertiary/aromatic N) is 2. The van der Waals surface area contributed by atoms with Crippen molar-refractivity contribution in [2.45, 2.75) is 17.9 Å². The number of furan rings is 1. The monoisotopic (exact) mass is 370 g/mol. The number of amides is 1. The maximum Gasteiger partial charge on any atom is 0.254 e. The topological polar surface area (TPSA) is 70.8 Å². The molecule has 1 aromatic heterocycles. The van der Waals surface area contributed by atoms with E-state index in [0.29, 0.717) is 5.76 Å². The lowest BCUT2D eigenvalue weighted by Crippen LogP contribution is -2.30. The predicted molar refractivity (Wildman–Crippen MR) is 91.5 cm³/mol. The zero-order valence-corrected chi connectivity index (χ0v) is 15.4. The lowest BCUT2D eigenvalue weighted by atomic mass is 10.1. The van der Waals surface area contributed by atoms with Gasteiger partial charge < -0.3 is 9.32 Å². The molecule has 1 aromatic carbocycles. The third-order valence-electron chi connectivity index (χ3n) is 3.79. The summed E-state index contributed by atoms with van der Waals surface area (Å²) in [5.41, 5.74) is 0.237. The van der Waals surface area contributed by atoms with E-state index in [1.54, 1.807) is 19.2 Å². The van der Waals surface area contributed by atoms with Crippen LogP contribution in [0.2, 0.25) is 5.02 Å². The van der Waals surface area contributed by atoms with Crippen molar-refractivity contribution in [3.8, 4) is 0 Å².